The topological polar surface area (TPSA) is 58.6 Å². The van der Waals surface area contributed by atoms with Gasteiger partial charge >= 0.3 is 0 Å². The van der Waals surface area contributed by atoms with Crippen LogP contribution in [0, 0.1) is 12.8 Å². The second kappa shape index (κ2) is 8.83. The molecule has 2 aliphatic rings. The van der Waals surface area contributed by atoms with E-state index in [4.69, 9.17) is 4.74 Å². The van der Waals surface area contributed by atoms with Crippen molar-refractivity contribution in [1.29, 1.82) is 0 Å². The summed E-state index contributed by atoms with van der Waals surface area (Å²) in [4.78, 5) is 28.9. The Morgan fingerprint density at radius 2 is 1.71 bits per heavy atom. The average molecular weight is 421 g/mol. The van der Waals surface area contributed by atoms with Crippen LogP contribution in [0.4, 0.5) is 0 Å². The molecule has 1 aliphatic heterocycles. The van der Waals surface area contributed by atoms with Gasteiger partial charge in [-0.25, -0.2) is 0 Å². The quantitative estimate of drug-likeness (QED) is 0.785. The fraction of sp³-hybridized carbons (Fsp3) is 0.462. The molecule has 1 spiro atoms. The molecule has 5 heteroatoms. The molecule has 1 saturated heterocycles. The predicted molar refractivity (Wildman–Crippen MR) is 120 cm³/mol. The lowest BCUT2D eigenvalue weighted by molar-refractivity contribution is -0.128. The van der Waals surface area contributed by atoms with E-state index in [0.29, 0.717) is 11.5 Å². The highest BCUT2D eigenvalue weighted by atomic mass is 16.5. The van der Waals surface area contributed by atoms with Gasteiger partial charge in [0.15, 0.2) is 0 Å². The number of benzene rings is 2. The Kier molecular flexibility index (Phi) is 6.15. The van der Waals surface area contributed by atoms with Crippen molar-refractivity contribution in [2.75, 3.05) is 6.61 Å². The summed E-state index contributed by atoms with van der Waals surface area (Å²) in [6.07, 6.45) is 3.52. The smallest absolute Gasteiger partial charge is 0.257 e. The van der Waals surface area contributed by atoms with E-state index in [1.807, 2.05) is 68.4 Å². The molecule has 2 aromatic rings. The van der Waals surface area contributed by atoms with Crippen LogP contribution in [0.3, 0.4) is 0 Å². The first-order valence-corrected chi connectivity index (χ1v) is 11.3. The summed E-state index contributed by atoms with van der Waals surface area (Å²) in [7, 11) is 0. The summed E-state index contributed by atoms with van der Waals surface area (Å²) < 4.78 is 6.29. The fourth-order valence-electron chi connectivity index (χ4n) is 4.86. The van der Waals surface area contributed by atoms with Gasteiger partial charge in [-0.2, -0.15) is 0 Å². The Morgan fingerprint density at radius 3 is 2.39 bits per heavy atom. The highest BCUT2D eigenvalue weighted by molar-refractivity contribution is 5.99. The van der Waals surface area contributed by atoms with E-state index in [9.17, 15) is 9.59 Å². The lowest BCUT2D eigenvalue weighted by Crippen LogP contribution is -2.57. The molecule has 2 atom stereocenters. The van der Waals surface area contributed by atoms with Gasteiger partial charge in [0.1, 0.15) is 11.8 Å². The van der Waals surface area contributed by atoms with Crippen LogP contribution in [0.1, 0.15) is 67.1 Å². The maximum absolute atomic E-state index is 13.8. The third-order valence-electron chi connectivity index (χ3n) is 6.87. The van der Waals surface area contributed by atoms with Gasteiger partial charge in [-0.15, -0.1) is 0 Å². The predicted octanol–water partition coefficient (Wildman–Crippen LogP) is 4.62. The first kappa shape index (κ1) is 21.6. The summed E-state index contributed by atoms with van der Waals surface area (Å²) in [6.45, 7) is 6.38. The standard InChI is InChI=1S/C26H32N2O3/c1-18-13-15-26(16-14-18)28(25(30)22-12-8-7-9-19(22)2)23(17-31-26)24(29)27-20(3)21-10-5-4-6-11-21/h4-12,18,20,23H,13-17H2,1-3H3,(H,27,29)/t18?,20-,23-,26?/m1/s1. The number of carbonyl (C=O) groups excluding carboxylic acids is 2. The van der Waals surface area contributed by atoms with Gasteiger partial charge < -0.3 is 10.1 Å². The monoisotopic (exact) mass is 420 g/mol. The van der Waals surface area contributed by atoms with Crippen LogP contribution >= 0.6 is 0 Å². The molecule has 164 valence electrons. The minimum atomic E-state index is -0.691. The SMILES string of the molecule is Cc1ccccc1C(=O)N1[C@@H](C(=O)N[C@H](C)c2ccccc2)COC12CCC(C)CC2. The zero-order chi connectivity index (χ0) is 22.0. The van der Waals surface area contributed by atoms with Gasteiger partial charge in [0.05, 0.1) is 12.6 Å². The molecule has 0 radical (unpaired) electrons. The summed E-state index contributed by atoms with van der Waals surface area (Å²) >= 11 is 0. The molecule has 1 aliphatic carbocycles. The molecule has 2 amide bonds. The fourth-order valence-corrected chi connectivity index (χ4v) is 4.86. The van der Waals surface area contributed by atoms with Crippen LogP contribution in [-0.4, -0.2) is 35.1 Å². The second-order valence-corrected chi connectivity index (χ2v) is 9.09. The molecule has 2 fully saturated rings. The van der Waals surface area contributed by atoms with Gasteiger partial charge in [0, 0.05) is 5.56 Å². The summed E-state index contributed by atoms with van der Waals surface area (Å²) in [5.41, 5.74) is 1.90. The van der Waals surface area contributed by atoms with Crippen molar-refractivity contribution < 1.29 is 14.3 Å². The van der Waals surface area contributed by atoms with Crippen molar-refractivity contribution >= 4 is 11.8 Å². The van der Waals surface area contributed by atoms with Gasteiger partial charge in [0.25, 0.3) is 5.91 Å². The normalized spacial score (nSPS) is 26.6. The minimum absolute atomic E-state index is 0.113. The maximum atomic E-state index is 13.8. The molecular formula is C26H32N2O3. The molecule has 0 aromatic heterocycles. The molecule has 5 nitrogen and oxygen atoms in total. The Labute approximate surface area is 184 Å². The van der Waals surface area contributed by atoms with Crippen LogP contribution < -0.4 is 5.32 Å². The Bertz CT molecular complexity index is 935. The Balaban J connectivity index is 1.62. The first-order valence-electron chi connectivity index (χ1n) is 11.3. The van der Waals surface area contributed by atoms with Gasteiger partial charge in [-0.05, 0) is 62.6 Å². The lowest BCUT2D eigenvalue weighted by Gasteiger charge is -2.43. The molecule has 0 bridgehead atoms. The largest absolute Gasteiger partial charge is 0.353 e. The van der Waals surface area contributed by atoms with Gasteiger partial charge in [0.2, 0.25) is 5.91 Å². The molecule has 2 aromatic carbocycles. The number of nitrogens with one attached hydrogen (secondary N) is 1. The molecule has 1 saturated carbocycles. The molecule has 31 heavy (non-hydrogen) atoms. The van der Waals surface area contributed by atoms with E-state index < -0.39 is 11.8 Å². The van der Waals surface area contributed by atoms with Crippen LogP contribution in [0.5, 0.6) is 0 Å². The summed E-state index contributed by atoms with van der Waals surface area (Å²) in [5, 5.41) is 3.11. The molecule has 0 unspecified atom stereocenters. The van der Waals surface area contributed by atoms with Gasteiger partial charge in [-0.3, -0.25) is 14.5 Å². The highest BCUT2D eigenvalue weighted by Gasteiger charge is 2.53. The van der Waals surface area contributed by atoms with Crippen LogP contribution in [0.2, 0.25) is 0 Å². The van der Waals surface area contributed by atoms with Crippen molar-refractivity contribution in [3.05, 3.63) is 71.3 Å². The van der Waals surface area contributed by atoms with E-state index in [1.54, 1.807) is 4.90 Å². The van der Waals surface area contributed by atoms with Gasteiger partial charge in [-0.1, -0.05) is 55.5 Å². The number of nitrogens with zero attached hydrogens (tertiary/aromatic N) is 1. The van der Waals surface area contributed by atoms with Crippen molar-refractivity contribution in [3.8, 4) is 0 Å². The van der Waals surface area contributed by atoms with Crippen molar-refractivity contribution in [2.24, 2.45) is 5.92 Å². The molecular weight excluding hydrogens is 388 g/mol. The van der Waals surface area contributed by atoms with Crippen LogP contribution in [0.25, 0.3) is 0 Å². The number of hydrogen-bond donors (Lipinski definition) is 1. The highest BCUT2D eigenvalue weighted by Crippen LogP contribution is 2.43. The first-order chi connectivity index (χ1) is 14.9. The van der Waals surface area contributed by atoms with Crippen molar-refractivity contribution in [1.82, 2.24) is 10.2 Å². The van der Waals surface area contributed by atoms with Crippen molar-refractivity contribution in [3.63, 3.8) is 0 Å². The minimum Gasteiger partial charge on any atom is -0.353 e. The van der Waals surface area contributed by atoms with Crippen molar-refractivity contribution in [2.45, 2.75) is 64.3 Å². The number of aryl methyl sites for hydroxylation is 1. The van der Waals surface area contributed by atoms with E-state index in [2.05, 4.69) is 12.2 Å². The lowest BCUT2D eigenvalue weighted by atomic mass is 9.83. The van der Waals surface area contributed by atoms with E-state index >= 15 is 0 Å². The maximum Gasteiger partial charge on any atom is 0.257 e. The van der Waals surface area contributed by atoms with Crippen LogP contribution in [-0.2, 0) is 9.53 Å². The Morgan fingerprint density at radius 1 is 1.06 bits per heavy atom. The third-order valence-corrected chi connectivity index (χ3v) is 6.87. The number of ether oxygens (including phenoxy) is 1. The molecule has 1 N–H and O–H groups in total. The second-order valence-electron chi connectivity index (χ2n) is 9.09. The number of carbonyl (C=O) groups is 2. The van der Waals surface area contributed by atoms with Crippen LogP contribution in [0.15, 0.2) is 54.6 Å². The van der Waals surface area contributed by atoms with E-state index in [0.717, 1.165) is 36.8 Å². The van der Waals surface area contributed by atoms with E-state index in [-0.39, 0.29) is 24.5 Å². The number of amides is 2. The summed E-state index contributed by atoms with van der Waals surface area (Å²) in [6, 6.07) is 16.7. The zero-order valence-electron chi connectivity index (χ0n) is 18.6. The number of hydrogen-bond acceptors (Lipinski definition) is 3. The molecule has 1 heterocycles. The molecule has 4 rings (SSSR count). The zero-order valence-corrected chi connectivity index (χ0v) is 18.6. The summed E-state index contributed by atoms with van der Waals surface area (Å²) in [5.74, 6) is 0.335. The average Bonchev–Trinajstić information content (AvgIpc) is 3.15. The number of rotatable bonds is 4. The van der Waals surface area contributed by atoms with E-state index in [1.165, 1.54) is 0 Å². The third kappa shape index (κ3) is 4.24. The Hall–Kier alpha value is -2.66.